The van der Waals surface area contributed by atoms with Crippen molar-refractivity contribution >= 4 is 22.7 Å². The molecule has 7 heteroatoms. The molecule has 1 aromatic carbocycles. The number of aromatic nitrogens is 2. The predicted molar refractivity (Wildman–Crippen MR) is 130 cm³/mol. The standard InChI is InChI=1S/C28H33N3O4/c1-24(2)15-7-8-26(24,5)20(11-15)31-35-23(32)28-10-9-27(6,25(28,3)4)21-22(28)30-17-13-19-18(33-14-34-19)12-16(17)29-21/h12-13,15H,7-11,14H2,1-6H3. The first-order valence-electron chi connectivity index (χ1n) is 12.9. The third kappa shape index (κ3) is 2.21. The Morgan fingerprint density at radius 1 is 0.943 bits per heavy atom. The molecule has 0 spiro atoms. The molecule has 35 heavy (non-hydrogen) atoms. The van der Waals surface area contributed by atoms with Crippen molar-refractivity contribution in [1.82, 2.24) is 9.97 Å². The summed E-state index contributed by atoms with van der Waals surface area (Å²) in [6.45, 7) is 13.7. The lowest BCUT2D eigenvalue weighted by atomic mass is 9.64. The number of hydrogen-bond donors (Lipinski definition) is 0. The summed E-state index contributed by atoms with van der Waals surface area (Å²) in [4.78, 5) is 30.1. The Kier molecular flexibility index (Phi) is 3.80. The minimum atomic E-state index is -0.882. The van der Waals surface area contributed by atoms with Gasteiger partial charge in [-0.3, -0.25) is 0 Å². The molecule has 0 radical (unpaired) electrons. The molecule has 4 unspecified atom stereocenters. The first-order valence-corrected chi connectivity index (χ1v) is 12.9. The maximum Gasteiger partial charge on any atom is 0.347 e. The second kappa shape index (κ2) is 6.16. The van der Waals surface area contributed by atoms with Crippen LogP contribution in [0.25, 0.3) is 11.0 Å². The number of carbonyl (C=O) groups excluding carboxylic acids is 1. The van der Waals surface area contributed by atoms with Crippen molar-refractivity contribution in [1.29, 1.82) is 0 Å². The van der Waals surface area contributed by atoms with Crippen LogP contribution in [0.1, 0.15) is 85.0 Å². The van der Waals surface area contributed by atoms with Crippen molar-refractivity contribution in [2.75, 3.05) is 6.79 Å². The average Bonchev–Trinajstić information content (AvgIpc) is 3.49. The van der Waals surface area contributed by atoms with E-state index >= 15 is 0 Å². The number of rotatable bonds is 2. The summed E-state index contributed by atoms with van der Waals surface area (Å²) in [5.74, 6) is 1.66. The average molecular weight is 476 g/mol. The van der Waals surface area contributed by atoms with E-state index in [1.54, 1.807) is 0 Å². The minimum Gasteiger partial charge on any atom is -0.454 e. The van der Waals surface area contributed by atoms with E-state index in [0.29, 0.717) is 29.4 Å². The van der Waals surface area contributed by atoms with Gasteiger partial charge in [-0.2, -0.15) is 0 Å². The SMILES string of the molecule is CC12CCC(CC1=NOC(=O)C13CCC(C)(c4nc5cc6c(cc5nc41)OCO6)C3(C)C)C2(C)C. The fraction of sp³-hybridized carbons (Fsp3) is 0.643. The Bertz CT molecular complexity index is 1360. The van der Waals surface area contributed by atoms with Gasteiger partial charge in [-0.1, -0.05) is 46.7 Å². The molecule has 2 aromatic rings. The Labute approximate surface area is 205 Å². The van der Waals surface area contributed by atoms with E-state index < -0.39 is 10.8 Å². The second-order valence-electron chi connectivity index (χ2n) is 12.9. The lowest BCUT2D eigenvalue weighted by Crippen LogP contribution is -2.46. The highest BCUT2D eigenvalue weighted by atomic mass is 16.7. The maximum atomic E-state index is 14.1. The van der Waals surface area contributed by atoms with Crippen molar-refractivity contribution in [2.24, 2.45) is 27.3 Å². The molecule has 3 fully saturated rings. The van der Waals surface area contributed by atoms with E-state index in [2.05, 4.69) is 46.7 Å². The summed E-state index contributed by atoms with van der Waals surface area (Å²) >= 11 is 0. The van der Waals surface area contributed by atoms with Crippen LogP contribution in [0.15, 0.2) is 17.3 Å². The third-order valence-electron chi connectivity index (χ3n) is 11.6. The number of carbonyl (C=O) groups is 1. The van der Waals surface area contributed by atoms with Crippen LogP contribution in [0.5, 0.6) is 11.5 Å². The smallest absolute Gasteiger partial charge is 0.347 e. The summed E-state index contributed by atoms with van der Waals surface area (Å²) in [5.41, 5.74) is 2.74. The van der Waals surface area contributed by atoms with Crippen LogP contribution >= 0.6 is 0 Å². The molecule has 4 aliphatic carbocycles. The molecule has 0 N–H and O–H groups in total. The van der Waals surface area contributed by atoms with E-state index in [1.807, 2.05) is 12.1 Å². The molecular weight excluding hydrogens is 442 g/mol. The van der Waals surface area contributed by atoms with Crippen LogP contribution < -0.4 is 9.47 Å². The van der Waals surface area contributed by atoms with Gasteiger partial charge in [-0.25, -0.2) is 14.8 Å². The van der Waals surface area contributed by atoms with Crippen molar-refractivity contribution < 1.29 is 19.1 Å². The van der Waals surface area contributed by atoms with Gasteiger partial charge in [0.15, 0.2) is 11.5 Å². The molecule has 184 valence electrons. The lowest BCUT2D eigenvalue weighted by molar-refractivity contribution is -0.155. The van der Waals surface area contributed by atoms with Crippen LogP contribution in [0.4, 0.5) is 0 Å². The van der Waals surface area contributed by atoms with E-state index in [4.69, 9.17) is 24.3 Å². The highest BCUT2D eigenvalue weighted by Crippen LogP contribution is 2.70. The van der Waals surface area contributed by atoms with E-state index in [9.17, 15) is 4.79 Å². The molecular formula is C28H33N3O4. The van der Waals surface area contributed by atoms with Crippen LogP contribution in [-0.2, 0) is 20.5 Å². The van der Waals surface area contributed by atoms with Crippen LogP contribution in [0.3, 0.4) is 0 Å². The van der Waals surface area contributed by atoms with Crippen molar-refractivity contribution in [2.45, 2.75) is 84.5 Å². The number of oxime groups is 1. The number of benzene rings is 1. The lowest BCUT2D eigenvalue weighted by Gasteiger charge is -2.38. The molecule has 2 heterocycles. The molecule has 4 atom stereocenters. The van der Waals surface area contributed by atoms with Gasteiger partial charge >= 0.3 is 5.97 Å². The van der Waals surface area contributed by atoms with Gasteiger partial charge in [0.1, 0.15) is 5.41 Å². The Balaban J connectivity index is 1.33. The Morgan fingerprint density at radius 2 is 1.60 bits per heavy atom. The quantitative estimate of drug-likeness (QED) is 0.425. The normalized spacial score (nSPS) is 37.9. The van der Waals surface area contributed by atoms with Gasteiger partial charge < -0.3 is 14.3 Å². The first-order chi connectivity index (χ1) is 16.5. The minimum absolute atomic E-state index is 0.0125. The fourth-order valence-electron chi connectivity index (χ4n) is 8.19. The second-order valence-corrected chi connectivity index (χ2v) is 12.9. The van der Waals surface area contributed by atoms with E-state index in [1.165, 1.54) is 6.42 Å². The maximum absolute atomic E-state index is 14.1. The number of fused-ring (bicyclic) bond motifs is 9. The summed E-state index contributed by atoms with van der Waals surface area (Å²) < 4.78 is 11.1. The Hall–Kier alpha value is -2.70. The fourth-order valence-corrected chi connectivity index (χ4v) is 8.19. The van der Waals surface area contributed by atoms with E-state index in [0.717, 1.165) is 41.9 Å². The molecule has 5 aliphatic rings. The molecule has 7 rings (SSSR count). The zero-order valence-corrected chi connectivity index (χ0v) is 21.4. The zero-order valence-electron chi connectivity index (χ0n) is 21.4. The van der Waals surface area contributed by atoms with Crippen LogP contribution in [-0.4, -0.2) is 28.4 Å². The van der Waals surface area contributed by atoms with Gasteiger partial charge in [0.2, 0.25) is 6.79 Å². The van der Waals surface area contributed by atoms with Gasteiger partial charge in [-0.05, 0) is 48.9 Å². The van der Waals surface area contributed by atoms with E-state index in [-0.39, 0.29) is 29.0 Å². The molecule has 0 saturated heterocycles. The summed E-state index contributed by atoms with van der Waals surface area (Å²) in [6.07, 6.45) is 4.78. The summed E-state index contributed by atoms with van der Waals surface area (Å²) in [6, 6.07) is 3.76. The summed E-state index contributed by atoms with van der Waals surface area (Å²) in [5, 5.41) is 4.58. The molecule has 7 nitrogen and oxygen atoms in total. The monoisotopic (exact) mass is 475 g/mol. The highest BCUT2D eigenvalue weighted by molar-refractivity contribution is 5.95. The van der Waals surface area contributed by atoms with Crippen molar-refractivity contribution in [3.05, 3.63) is 23.5 Å². The zero-order chi connectivity index (χ0) is 24.6. The highest BCUT2D eigenvalue weighted by Gasteiger charge is 2.74. The van der Waals surface area contributed by atoms with Gasteiger partial charge in [0.25, 0.3) is 0 Å². The largest absolute Gasteiger partial charge is 0.454 e. The molecule has 4 bridgehead atoms. The van der Waals surface area contributed by atoms with Gasteiger partial charge in [0.05, 0.1) is 28.1 Å². The number of hydrogen-bond acceptors (Lipinski definition) is 7. The molecule has 1 aromatic heterocycles. The van der Waals surface area contributed by atoms with Crippen LogP contribution in [0.2, 0.25) is 0 Å². The summed E-state index contributed by atoms with van der Waals surface area (Å²) in [7, 11) is 0. The topological polar surface area (TPSA) is 82.9 Å². The molecule has 0 amide bonds. The van der Waals surface area contributed by atoms with Crippen LogP contribution in [0, 0.1) is 22.2 Å². The number of ether oxygens (including phenoxy) is 2. The van der Waals surface area contributed by atoms with Gasteiger partial charge in [0, 0.05) is 23.0 Å². The molecule has 1 aliphatic heterocycles. The number of nitrogens with zero attached hydrogens (tertiary/aromatic N) is 3. The Morgan fingerprint density at radius 3 is 2.20 bits per heavy atom. The third-order valence-corrected chi connectivity index (χ3v) is 11.6. The van der Waals surface area contributed by atoms with Gasteiger partial charge in [-0.15, -0.1) is 0 Å². The predicted octanol–water partition coefficient (Wildman–Crippen LogP) is 5.43. The first kappa shape index (κ1) is 21.6. The van der Waals surface area contributed by atoms with Crippen molar-refractivity contribution in [3.63, 3.8) is 0 Å². The molecule has 3 saturated carbocycles. The van der Waals surface area contributed by atoms with Crippen molar-refractivity contribution in [3.8, 4) is 11.5 Å².